The summed E-state index contributed by atoms with van der Waals surface area (Å²) in [5.74, 6) is 0.733. The van der Waals surface area contributed by atoms with Gasteiger partial charge < -0.3 is 0 Å². The van der Waals surface area contributed by atoms with Gasteiger partial charge in [-0.3, -0.25) is 10.2 Å². The Hall–Kier alpha value is -1.23. The fraction of sp³-hybridized carbons (Fsp3) is 0.167. The van der Waals surface area contributed by atoms with E-state index >= 15 is 0 Å². The van der Waals surface area contributed by atoms with Gasteiger partial charge in [-0.05, 0) is 6.92 Å². The van der Waals surface area contributed by atoms with Crippen molar-refractivity contribution >= 4 is 23.3 Å². The number of H-pyrrole nitrogens is 2. The highest BCUT2D eigenvalue weighted by atomic mass is 32.1. The number of aromatic nitrogens is 4. The Balaban J connectivity index is 2.99. The Morgan fingerprint density at radius 2 is 2.27 bits per heavy atom. The number of nitrogens with zero attached hydrogens (tertiary/aromatic N) is 2. The first-order valence-corrected chi connectivity index (χ1v) is 3.58. The smallest absolute Gasteiger partial charge is 0.146 e. The average Bonchev–Trinajstić information content (AvgIpc) is 2.33. The zero-order chi connectivity index (χ0) is 7.84. The van der Waals surface area contributed by atoms with Crippen LogP contribution in [0.3, 0.4) is 0 Å². The predicted molar refractivity (Wildman–Crippen MR) is 43.8 cm³/mol. The summed E-state index contributed by atoms with van der Waals surface area (Å²) in [4.78, 5) is 8.17. The van der Waals surface area contributed by atoms with Crippen LogP contribution < -0.4 is 0 Å². The predicted octanol–water partition coefficient (Wildman–Crippen LogP) is 1.32. The fourth-order valence-electron chi connectivity index (χ4n) is 0.918. The molecule has 2 aromatic rings. The van der Waals surface area contributed by atoms with Crippen LogP contribution in [0.1, 0.15) is 5.82 Å². The maximum atomic E-state index is 4.97. The van der Waals surface area contributed by atoms with Gasteiger partial charge in [-0.15, -0.1) is 0 Å². The number of aryl methyl sites for hydroxylation is 1. The summed E-state index contributed by atoms with van der Waals surface area (Å²) >= 11 is 4.97. The molecule has 0 aromatic carbocycles. The normalized spacial score (nSPS) is 10.6. The second-order valence-electron chi connectivity index (χ2n) is 2.26. The van der Waals surface area contributed by atoms with Gasteiger partial charge in [-0.1, -0.05) is 12.2 Å². The molecule has 0 aliphatic carbocycles. The molecular weight excluding hydrogens is 160 g/mol. The van der Waals surface area contributed by atoms with Crippen molar-refractivity contribution in [2.75, 3.05) is 0 Å². The number of hydrogen-bond acceptors (Lipinski definition) is 3. The Labute approximate surface area is 67.7 Å². The molecule has 11 heavy (non-hydrogen) atoms. The van der Waals surface area contributed by atoms with E-state index < -0.39 is 0 Å². The molecule has 0 spiro atoms. The second kappa shape index (κ2) is 2.13. The van der Waals surface area contributed by atoms with Crippen LogP contribution in [0.25, 0.3) is 11.0 Å². The van der Waals surface area contributed by atoms with Crippen LogP contribution >= 0.6 is 12.2 Å². The van der Waals surface area contributed by atoms with Gasteiger partial charge in [0.05, 0.1) is 6.20 Å². The highest BCUT2D eigenvalue weighted by Gasteiger charge is 1.98. The Bertz CT molecular complexity index is 441. The van der Waals surface area contributed by atoms with Crippen LogP contribution in [0.5, 0.6) is 0 Å². The van der Waals surface area contributed by atoms with Crippen LogP contribution in [0.4, 0.5) is 0 Å². The summed E-state index contributed by atoms with van der Waals surface area (Å²) in [5.41, 5.74) is 1.63. The van der Waals surface area contributed by atoms with Gasteiger partial charge in [0.2, 0.25) is 0 Å². The highest BCUT2D eigenvalue weighted by molar-refractivity contribution is 7.71. The SMILES string of the molecule is Cc1ncc2[nH][nH]c(=S)c2n1. The Morgan fingerprint density at radius 1 is 1.45 bits per heavy atom. The summed E-state index contributed by atoms with van der Waals surface area (Å²) in [6.07, 6.45) is 1.71. The van der Waals surface area contributed by atoms with Crippen molar-refractivity contribution in [1.29, 1.82) is 0 Å². The van der Waals surface area contributed by atoms with E-state index in [9.17, 15) is 0 Å². The van der Waals surface area contributed by atoms with Crippen molar-refractivity contribution in [3.8, 4) is 0 Å². The molecule has 2 heterocycles. The van der Waals surface area contributed by atoms with Crippen LogP contribution in [0.2, 0.25) is 0 Å². The molecule has 4 nitrogen and oxygen atoms in total. The van der Waals surface area contributed by atoms with Gasteiger partial charge in [0.1, 0.15) is 21.5 Å². The Kier molecular flexibility index (Phi) is 1.25. The molecule has 56 valence electrons. The van der Waals surface area contributed by atoms with E-state index in [1.165, 1.54) is 0 Å². The first-order valence-electron chi connectivity index (χ1n) is 3.17. The molecule has 5 heteroatoms. The monoisotopic (exact) mass is 166 g/mol. The zero-order valence-electron chi connectivity index (χ0n) is 5.88. The quantitative estimate of drug-likeness (QED) is 0.580. The number of aromatic amines is 2. The first kappa shape index (κ1) is 6.48. The third-order valence-corrected chi connectivity index (χ3v) is 1.73. The lowest BCUT2D eigenvalue weighted by atomic mass is 10.5. The molecule has 0 saturated heterocycles. The number of nitrogens with one attached hydrogen (secondary N) is 2. The van der Waals surface area contributed by atoms with Crippen molar-refractivity contribution in [3.05, 3.63) is 16.7 Å². The molecular formula is C6H6N4S. The molecule has 0 atom stereocenters. The van der Waals surface area contributed by atoms with E-state index in [1.807, 2.05) is 6.92 Å². The lowest BCUT2D eigenvalue weighted by molar-refractivity contribution is 1.08. The summed E-state index contributed by atoms with van der Waals surface area (Å²) in [6.45, 7) is 1.83. The number of hydrogen-bond donors (Lipinski definition) is 2. The average molecular weight is 166 g/mol. The minimum absolute atomic E-state index is 0.630. The minimum Gasteiger partial charge on any atom is -0.296 e. The largest absolute Gasteiger partial charge is 0.296 e. The summed E-state index contributed by atoms with van der Waals surface area (Å²) in [6, 6.07) is 0. The van der Waals surface area contributed by atoms with E-state index in [1.54, 1.807) is 6.20 Å². The van der Waals surface area contributed by atoms with Crippen LogP contribution in [-0.2, 0) is 0 Å². The fourth-order valence-corrected chi connectivity index (χ4v) is 1.12. The molecule has 0 unspecified atom stereocenters. The molecule has 0 radical (unpaired) electrons. The van der Waals surface area contributed by atoms with Gasteiger partial charge in [0.15, 0.2) is 0 Å². The van der Waals surface area contributed by atoms with Crippen molar-refractivity contribution in [2.24, 2.45) is 0 Å². The van der Waals surface area contributed by atoms with Gasteiger partial charge in [0, 0.05) is 0 Å². The van der Waals surface area contributed by atoms with Gasteiger partial charge in [0.25, 0.3) is 0 Å². The van der Waals surface area contributed by atoms with Crippen LogP contribution in [-0.4, -0.2) is 20.2 Å². The molecule has 0 amide bonds. The third-order valence-electron chi connectivity index (χ3n) is 1.43. The minimum atomic E-state index is 0.630. The number of rotatable bonds is 0. The van der Waals surface area contributed by atoms with E-state index in [4.69, 9.17) is 12.2 Å². The molecule has 0 fully saturated rings. The molecule has 2 aromatic heterocycles. The first-order chi connectivity index (χ1) is 5.27. The van der Waals surface area contributed by atoms with Crippen LogP contribution in [0, 0.1) is 11.6 Å². The van der Waals surface area contributed by atoms with Crippen molar-refractivity contribution in [3.63, 3.8) is 0 Å². The molecule has 2 rings (SSSR count). The molecule has 0 saturated carbocycles. The van der Waals surface area contributed by atoms with Gasteiger partial charge in [-0.2, -0.15) is 0 Å². The van der Waals surface area contributed by atoms with Crippen molar-refractivity contribution in [1.82, 2.24) is 20.2 Å². The second-order valence-corrected chi connectivity index (χ2v) is 2.67. The molecule has 0 bridgehead atoms. The van der Waals surface area contributed by atoms with E-state index in [-0.39, 0.29) is 0 Å². The standard InChI is InChI=1S/C6H6N4S/c1-3-7-2-4-5(8-3)6(11)10-9-4/h2H,1H3,(H2,9,10,11). The third kappa shape index (κ3) is 0.932. The van der Waals surface area contributed by atoms with Crippen LogP contribution in [0.15, 0.2) is 6.20 Å². The summed E-state index contributed by atoms with van der Waals surface area (Å²) in [5, 5.41) is 5.65. The van der Waals surface area contributed by atoms with E-state index in [0.717, 1.165) is 16.9 Å². The van der Waals surface area contributed by atoms with E-state index in [2.05, 4.69) is 20.2 Å². The van der Waals surface area contributed by atoms with Crippen molar-refractivity contribution < 1.29 is 0 Å². The summed E-state index contributed by atoms with van der Waals surface area (Å²) in [7, 11) is 0. The molecule has 2 N–H and O–H groups in total. The Morgan fingerprint density at radius 3 is 3.09 bits per heavy atom. The molecule has 0 aliphatic rings. The van der Waals surface area contributed by atoms with Gasteiger partial charge >= 0.3 is 0 Å². The molecule has 0 aliphatic heterocycles. The maximum Gasteiger partial charge on any atom is 0.146 e. The maximum absolute atomic E-state index is 4.97. The zero-order valence-corrected chi connectivity index (χ0v) is 6.70. The van der Waals surface area contributed by atoms with E-state index in [0.29, 0.717) is 4.64 Å². The number of fused-ring (bicyclic) bond motifs is 1. The topological polar surface area (TPSA) is 57.4 Å². The highest BCUT2D eigenvalue weighted by Crippen LogP contribution is 2.06. The lowest BCUT2D eigenvalue weighted by Crippen LogP contribution is -1.85. The van der Waals surface area contributed by atoms with Gasteiger partial charge in [-0.25, -0.2) is 9.97 Å². The summed E-state index contributed by atoms with van der Waals surface area (Å²) < 4.78 is 0.630. The van der Waals surface area contributed by atoms with Crippen molar-refractivity contribution in [2.45, 2.75) is 6.92 Å². The lowest BCUT2D eigenvalue weighted by Gasteiger charge is -1.88.